The van der Waals surface area contributed by atoms with Crippen LogP contribution < -0.4 is 15.4 Å². The molecule has 1 aromatic carbocycles. The van der Waals surface area contributed by atoms with Gasteiger partial charge in [0.15, 0.2) is 0 Å². The Balaban J connectivity index is 2.22. The van der Waals surface area contributed by atoms with Crippen molar-refractivity contribution in [2.75, 3.05) is 12.4 Å². The molecular formula is C24H39Cl3N2O2. The highest BCUT2D eigenvalue weighted by molar-refractivity contribution is 6.68. The number of carbonyl (C=O) groups is 1. The van der Waals surface area contributed by atoms with Crippen LogP contribution in [0.2, 0.25) is 0 Å². The summed E-state index contributed by atoms with van der Waals surface area (Å²) >= 11 is 18.2. The number of carbonyl (C=O) groups excluding carboxylic acids is 1. The minimum absolute atomic E-state index is 0.134. The van der Waals surface area contributed by atoms with E-state index in [1.54, 1.807) is 19.2 Å². The fourth-order valence-corrected chi connectivity index (χ4v) is 3.81. The average Bonchev–Trinajstić information content (AvgIpc) is 2.73. The number of methoxy groups -OCH3 is 1. The molecule has 1 unspecified atom stereocenters. The maximum Gasteiger partial charge on any atom is 0.228 e. The molecule has 4 nitrogen and oxygen atoms in total. The Kier molecular flexibility index (Phi) is 15.2. The van der Waals surface area contributed by atoms with E-state index in [0.29, 0.717) is 17.9 Å². The van der Waals surface area contributed by atoms with E-state index < -0.39 is 9.96 Å². The van der Waals surface area contributed by atoms with Gasteiger partial charge in [-0.05, 0) is 18.6 Å². The summed E-state index contributed by atoms with van der Waals surface area (Å²) in [6.07, 6.45) is 14.6. The summed E-state index contributed by atoms with van der Waals surface area (Å²) in [6, 6.07) is 7.29. The van der Waals surface area contributed by atoms with Crippen molar-refractivity contribution in [3.05, 3.63) is 24.3 Å². The van der Waals surface area contributed by atoms with Gasteiger partial charge in [0, 0.05) is 6.42 Å². The van der Waals surface area contributed by atoms with Crippen molar-refractivity contribution in [1.82, 2.24) is 5.32 Å². The smallest absolute Gasteiger partial charge is 0.228 e. The zero-order valence-electron chi connectivity index (χ0n) is 19.0. The first-order chi connectivity index (χ1) is 14.9. The van der Waals surface area contributed by atoms with Gasteiger partial charge in [-0.1, -0.05) is 124 Å². The third kappa shape index (κ3) is 13.3. The number of unbranched alkanes of at least 4 members (excludes halogenated alkanes) is 11. The highest BCUT2D eigenvalue weighted by Gasteiger charge is 2.34. The Bertz CT molecular complexity index is 609. The van der Waals surface area contributed by atoms with Crippen LogP contribution in [0.4, 0.5) is 5.69 Å². The zero-order valence-corrected chi connectivity index (χ0v) is 21.3. The minimum atomic E-state index is -1.70. The van der Waals surface area contributed by atoms with Crippen molar-refractivity contribution >= 4 is 46.4 Å². The molecule has 1 atom stereocenters. The third-order valence-electron chi connectivity index (χ3n) is 5.30. The summed E-state index contributed by atoms with van der Waals surface area (Å²) in [5.74, 6) is 0.475. The number of amides is 1. The number of halogens is 3. The fourth-order valence-electron chi connectivity index (χ4n) is 3.48. The van der Waals surface area contributed by atoms with Crippen LogP contribution >= 0.6 is 34.8 Å². The average molecular weight is 494 g/mol. The minimum Gasteiger partial charge on any atom is -0.495 e. The van der Waals surface area contributed by atoms with E-state index in [9.17, 15) is 4.79 Å². The number of ether oxygens (including phenoxy) is 1. The standard InChI is InChI=1S/C24H39Cl3N2O2/c1-3-4-5-6-7-8-9-10-11-12-13-14-19-22(30)29-23(24(25,26)27)28-20-17-15-16-18-21(20)31-2/h15-18,23,28H,3-14,19H2,1-2H3,(H,29,30). The molecule has 0 saturated carbocycles. The molecule has 0 bridgehead atoms. The van der Waals surface area contributed by atoms with Crippen LogP contribution in [0, 0.1) is 0 Å². The highest BCUT2D eigenvalue weighted by atomic mass is 35.6. The van der Waals surface area contributed by atoms with E-state index in [2.05, 4.69) is 17.6 Å². The number of rotatable bonds is 17. The Labute approximate surface area is 203 Å². The van der Waals surface area contributed by atoms with Gasteiger partial charge in [-0.25, -0.2) is 0 Å². The Morgan fingerprint density at radius 2 is 1.42 bits per heavy atom. The third-order valence-corrected chi connectivity index (χ3v) is 5.95. The summed E-state index contributed by atoms with van der Waals surface area (Å²) in [5.41, 5.74) is 0.645. The Morgan fingerprint density at radius 3 is 1.94 bits per heavy atom. The number of hydrogen-bond donors (Lipinski definition) is 2. The number of benzene rings is 1. The molecule has 178 valence electrons. The van der Waals surface area contributed by atoms with Crippen molar-refractivity contribution in [3.63, 3.8) is 0 Å². The lowest BCUT2D eigenvalue weighted by molar-refractivity contribution is -0.121. The number of para-hydroxylation sites is 2. The van der Waals surface area contributed by atoms with E-state index in [1.807, 2.05) is 12.1 Å². The molecule has 7 heteroatoms. The van der Waals surface area contributed by atoms with Gasteiger partial charge in [0.05, 0.1) is 12.8 Å². The van der Waals surface area contributed by atoms with Crippen LogP contribution in [0.3, 0.4) is 0 Å². The van der Waals surface area contributed by atoms with Crippen molar-refractivity contribution in [1.29, 1.82) is 0 Å². The number of alkyl halides is 3. The van der Waals surface area contributed by atoms with Crippen molar-refractivity contribution < 1.29 is 9.53 Å². The highest BCUT2D eigenvalue weighted by Crippen LogP contribution is 2.33. The predicted molar refractivity (Wildman–Crippen MR) is 135 cm³/mol. The normalized spacial score (nSPS) is 12.4. The Hall–Kier alpha value is -0.840. The summed E-state index contributed by atoms with van der Waals surface area (Å²) < 4.78 is 3.61. The summed E-state index contributed by atoms with van der Waals surface area (Å²) in [7, 11) is 1.57. The molecule has 0 aliphatic heterocycles. The molecule has 0 radical (unpaired) electrons. The zero-order chi connectivity index (χ0) is 23.0. The fraction of sp³-hybridized carbons (Fsp3) is 0.708. The van der Waals surface area contributed by atoms with E-state index in [0.717, 1.165) is 19.3 Å². The molecule has 0 heterocycles. The van der Waals surface area contributed by atoms with Gasteiger partial charge in [0.1, 0.15) is 11.9 Å². The molecule has 0 fully saturated rings. The monoisotopic (exact) mass is 492 g/mol. The van der Waals surface area contributed by atoms with Crippen LogP contribution in [0.5, 0.6) is 5.75 Å². The van der Waals surface area contributed by atoms with Crippen LogP contribution in [0.15, 0.2) is 24.3 Å². The first-order valence-electron chi connectivity index (χ1n) is 11.6. The van der Waals surface area contributed by atoms with E-state index in [4.69, 9.17) is 39.5 Å². The van der Waals surface area contributed by atoms with Gasteiger partial charge in [-0.2, -0.15) is 0 Å². The first-order valence-corrected chi connectivity index (χ1v) is 12.8. The molecule has 0 saturated heterocycles. The molecule has 0 spiro atoms. The molecular weight excluding hydrogens is 455 g/mol. The second-order valence-corrected chi connectivity index (χ2v) is 10.4. The van der Waals surface area contributed by atoms with Crippen LogP contribution in [0.25, 0.3) is 0 Å². The SMILES string of the molecule is CCCCCCCCCCCCCCC(=O)NC(Nc1ccccc1OC)C(Cl)(Cl)Cl. The second kappa shape index (κ2) is 16.7. The van der Waals surface area contributed by atoms with Gasteiger partial charge in [0.25, 0.3) is 0 Å². The molecule has 1 aromatic rings. The van der Waals surface area contributed by atoms with E-state index in [1.165, 1.54) is 57.8 Å². The molecule has 0 aliphatic rings. The first kappa shape index (κ1) is 28.2. The van der Waals surface area contributed by atoms with Crippen LogP contribution in [0.1, 0.15) is 90.4 Å². The summed E-state index contributed by atoms with van der Waals surface area (Å²) in [6.45, 7) is 2.25. The van der Waals surface area contributed by atoms with Crippen molar-refractivity contribution in [2.24, 2.45) is 0 Å². The molecule has 1 rings (SSSR count). The number of hydrogen-bond acceptors (Lipinski definition) is 3. The lowest BCUT2D eigenvalue weighted by Crippen LogP contribution is -2.49. The van der Waals surface area contributed by atoms with Gasteiger partial charge < -0.3 is 15.4 Å². The van der Waals surface area contributed by atoms with Gasteiger partial charge >= 0.3 is 0 Å². The van der Waals surface area contributed by atoms with E-state index >= 15 is 0 Å². The van der Waals surface area contributed by atoms with Crippen molar-refractivity contribution in [3.8, 4) is 5.75 Å². The number of nitrogens with one attached hydrogen (secondary N) is 2. The van der Waals surface area contributed by atoms with Gasteiger partial charge in [-0.3, -0.25) is 4.79 Å². The van der Waals surface area contributed by atoms with Crippen LogP contribution in [-0.4, -0.2) is 23.0 Å². The van der Waals surface area contributed by atoms with Gasteiger partial charge in [0.2, 0.25) is 9.70 Å². The lowest BCUT2D eigenvalue weighted by Gasteiger charge is -2.28. The maximum atomic E-state index is 12.4. The topological polar surface area (TPSA) is 50.4 Å². The lowest BCUT2D eigenvalue weighted by atomic mass is 10.0. The molecule has 31 heavy (non-hydrogen) atoms. The molecule has 0 aromatic heterocycles. The second-order valence-electron chi connectivity index (χ2n) is 8.03. The molecule has 0 aliphatic carbocycles. The maximum absolute atomic E-state index is 12.4. The quantitative estimate of drug-likeness (QED) is 0.131. The summed E-state index contributed by atoms with van der Waals surface area (Å²) in [4.78, 5) is 12.4. The largest absolute Gasteiger partial charge is 0.495 e. The molecule has 2 N–H and O–H groups in total. The predicted octanol–water partition coefficient (Wildman–Crippen LogP) is 8.01. The number of anilines is 1. The van der Waals surface area contributed by atoms with Crippen molar-refractivity contribution in [2.45, 2.75) is 100 Å². The molecule has 1 amide bonds. The Morgan fingerprint density at radius 1 is 0.903 bits per heavy atom. The van der Waals surface area contributed by atoms with E-state index in [-0.39, 0.29) is 5.91 Å². The summed E-state index contributed by atoms with van der Waals surface area (Å²) in [5, 5.41) is 5.86. The van der Waals surface area contributed by atoms with Crippen LogP contribution in [-0.2, 0) is 4.79 Å². The van der Waals surface area contributed by atoms with Gasteiger partial charge in [-0.15, -0.1) is 0 Å².